The SMILES string of the molecule is C=CC/C=C/N(C)C(=O)CCCCCCCC/C=C/[C@H](CCSC[C@@H](/C=C/CCCCCCCCC(=O)N(C)/C=C/CC=C)NC(C)=O)NC(C)=O.CNC(=O)CCCCCCCC/C=C/[C@H](CSSC[C@@H](/C=C/CCCCCCCCC(=O)NC)NC(C)=O)NC(C)=O. The summed E-state index contributed by atoms with van der Waals surface area (Å²) in [5.74, 6) is 3.66. The van der Waals surface area contributed by atoms with Crippen molar-refractivity contribution < 1.29 is 38.4 Å². The van der Waals surface area contributed by atoms with Crippen molar-refractivity contribution in [2.45, 2.75) is 277 Å². The lowest BCUT2D eigenvalue weighted by Crippen LogP contribution is -2.34. The van der Waals surface area contributed by atoms with Gasteiger partial charge in [0.05, 0.1) is 18.1 Å². The summed E-state index contributed by atoms with van der Waals surface area (Å²) < 4.78 is 0. The van der Waals surface area contributed by atoms with E-state index in [2.05, 4.69) is 93.7 Å². The van der Waals surface area contributed by atoms with E-state index in [-0.39, 0.29) is 71.4 Å². The molecule has 4 atom stereocenters. The molecule has 0 heterocycles. The fraction of sp³-hybridized carbons (Fsp3) is 0.680. The van der Waals surface area contributed by atoms with Gasteiger partial charge in [-0.15, -0.1) is 13.2 Å². The molecule has 16 nitrogen and oxygen atoms in total. The van der Waals surface area contributed by atoms with Crippen molar-refractivity contribution >= 4 is 80.6 Å². The number of carbonyl (C=O) groups excluding carboxylic acids is 8. The Bertz CT molecular complexity index is 2050. The number of hydrogen-bond acceptors (Lipinski definition) is 11. The average Bonchev–Trinajstić information content (AvgIpc) is 3.60. The number of amides is 8. The van der Waals surface area contributed by atoms with Gasteiger partial charge in [-0.2, -0.15) is 11.8 Å². The molecule has 536 valence electrons. The Balaban J connectivity index is 0. The van der Waals surface area contributed by atoms with Crippen LogP contribution in [0.15, 0.2) is 98.5 Å². The van der Waals surface area contributed by atoms with Gasteiger partial charge in [0.25, 0.3) is 0 Å². The first-order valence-electron chi connectivity index (χ1n) is 35.4. The van der Waals surface area contributed by atoms with E-state index in [4.69, 9.17) is 0 Å². The molecule has 0 spiro atoms. The maximum Gasteiger partial charge on any atom is 0.226 e. The van der Waals surface area contributed by atoms with Crippen LogP contribution >= 0.6 is 33.3 Å². The number of carbonyl (C=O) groups is 8. The van der Waals surface area contributed by atoms with Gasteiger partial charge < -0.3 is 41.7 Å². The van der Waals surface area contributed by atoms with Crippen LogP contribution in [0.3, 0.4) is 0 Å². The van der Waals surface area contributed by atoms with Gasteiger partial charge in [-0.3, -0.25) is 38.4 Å². The quantitative estimate of drug-likeness (QED) is 0.0191. The van der Waals surface area contributed by atoms with Crippen LogP contribution in [-0.2, 0) is 38.4 Å². The molecule has 0 aliphatic rings. The third-order valence-electron chi connectivity index (χ3n) is 15.2. The molecule has 0 aromatic carbocycles. The average molecular weight is 1370 g/mol. The molecule has 6 N–H and O–H groups in total. The van der Waals surface area contributed by atoms with Crippen molar-refractivity contribution in [3.63, 3.8) is 0 Å². The monoisotopic (exact) mass is 1370 g/mol. The Morgan fingerprint density at radius 3 is 0.957 bits per heavy atom. The molecule has 0 bridgehead atoms. The van der Waals surface area contributed by atoms with Gasteiger partial charge in [0.2, 0.25) is 47.3 Å². The lowest BCUT2D eigenvalue weighted by atomic mass is 10.1. The van der Waals surface area contributed by atoms with Crippen molar-refractivity contribution in [2.75, 3.05) is 51.2 Å². The van der Waals surface area contributed by atoms with Crippen molar-refractivity contribution in [1.29, 1.82) is 0 Å². The maximum absolute atomic E-state index is 12.1. The Morgan fingerprint density at radius 2 is 0.649 bits per heavy atom. The number of nitrogens with one attached hydrogen (secondary N) is 6. The second kappa shape index (κ2) is 67.7. The van der Waals surface area contributed by atoms with Crippen molar-refractivity contribution in [2.24, 2.45) is 0 Å². The molecule has 8 amide bonds. The van der Waals surface area contributed by atoms with E-state index in [9.17, 15) is 38.4 Å². The predicted octanol–water partition coefficient (Wildman–Crippen LogP) is 15.8. The first-order chi connectivity index (χ1) is 45.4. The fourth-order valence-electron chi connectivity index (χ4n) is 9.80. The molecule has 0 aliphatic carbocycles. The van der Waals surface area contributed by atoms with Crippen molar-refractivity contribution in [3.8, 4) is 0 Å². The number of allylic oxidation sites excluding steroid dienone is 8. The Morgan fingerprint density at radius 1 is 0.372 bits per heavy atom. The summed E-state index contributed by atoms with van der Waals surface area (Å²) >= 11 is 1.79. The zero-order chi connectivity index (χ0) is 69.9. The summed E-state index contributed by atoms with van der Waals surface area (Å²) in [6, 6.07) is -0.0223. The van der Waals surface area contributed by atoms with Gasteiger partial charge >= 0.3 is 0 Å². The van der Waals surface area contributed by atoms with Crippen LogP contribution < -0.4 is 31.9 Å². The van der Waals surface area contributed by atoms with Gasteiger partial charge in [0.15, 0.2) is 0 Å². The highest BCUT2D eigenvalue weighted by Gasteiger charge is 2.13. The van der Waals surface area contributed by atoms with E-state index < -0.39 is 0 Å². The number of nitrogens with zero attached hydrogens (tertiary/aromatic N) is 2. The highest BCUT2D eigenvalue weighted by atomic mass is 33.1. The largest absolute Gasteiger partial charge is 0.359 e. The van der Waals surface area contributed by atoms with Gasteiger partial charge in [-0.1, -0.05) is 197 Å². The van der Waals surface area contributed by atoms with E-state index >= 15 is 0 Å². The predicted molar refractivity (Wildman–Crippen MR) is 403 cm³/mol. The zero-order valence-electron chi connectivity index (χ0n) is 59.8. The molecule has 0 aromatic rings. The molecule has 0 saturated carbocycles. The number of hydrogen-bond donors (Lipinski definition) is 6. The molecule has 0 radical (unpaired) electrons. The summed E-state index contributed by atoms with van der Waals surface area (Å²) in [6.07, 6.45) is 63.8. The topological polar surface area (TPSA) is 215 Å². The summed E-state index contributed by atoms with van der Waals surface area (Å²) in [5.41, 5.74) is 0. The highest BCUT2D eigenvalue weighted by molar-refractivity contribution is 8.76. The van der Waals surface area contributed by atoms with Crippen LogP contribution in [0, 0.1) is 0 Å². The van der Waals surface area contributed by atoms with Crippen LogP contribution in [0.5, 0.6) is 0 Å². The minimum atomic E-state index is -0.0324. The van der Waals surface area contributed by atoms with Crippen molar-refractivity contribution in [3.05, 3.63) is 98.5 Å². The van der Waals surface area contributed by atoms with Gasteiger partial charge in [-0.25, -0.2) is 0 Å². The molecule has 0 unspecified atom stereocenters. The van der Waals surface area contributed by atoms with E-state index in [1.165, 1.54) is 51.4 Å². The molecule has 0 saturated heterocycles. The summed E-state index contributed by atoms with van der Waals surface area (Å²) in [4.78, 5) is 97.0. The number of thioether (sulfide) groups is 1. The second-order valence-corrected chi connectivity index (χ2v) is 27.9. The maximum atomic E-state index is 12.1. The van der Waals surface area contributed by atoms with Crippen molar-refractivity contribution in [1.82, 2.24) is 41.7 Å². The van der Waals surface area contributed by atoms with Crippen LogP contribution in [0.25, 0.3) is 0 Å². The highest BCUT2D eigenvalue weighted by Crippen LogP contribution is 2.24. The number of unbranched alkanes of at least 4 members (excludes halogenated alkanes) is 24. The standard InChI is InChI=1S/C43H72N4O4S.C32H58N4O4S2/c1-7-9-27-34-46(5)42(50)31-25-21-17-13-11-15-19-23-29-40(44-38(3)48)33-36-52-37-41(45-39(4)49)30-24-20-16-12-14-18-22-26-32-43(51)47(6)35-28-10-8-2;1-27(37)35-29(21-17-13-9-5-7-11-15-19-23-31(39)33-3)25-41-42-26-30(36-28(2)38)22-18-14-10-6-8-12-16-20-24-32(40)34-4/h7-8,23-24,27-30,34-35,40-41H,1-2,9-22,25-26,31-33,36-37H2,3-6H3,(H,44,48)(H,45,49);17-18,21-22,29-30H,5-16,19-20,23-26H2,1-4H3,(H,33,39)(H,34,40)(H,35,37)(H,36,38)/b29-23+,30-24+,34-27+,35-28+;21-17+,22-18+/t40-,41-;29-,30-/m11/s1. The smallest absolute Gasteiger partial charge is 0.226 e. The first-order valence-corrected chi connectivity index (χ1v) is 39.1. The second-order valence-electron chi connectivity index (χ2n) is 24.2. The molecule has 0 fully saturated rings. The minimum Gasteiger partial charge on any atom is -0.359 e. The van der Waals surface area contributed by atoms with E-state index in [0.29, 0.717) is 25.7 Å². The molecular formula is C75H130N8O8S3. The van der Waals surface area contributed by atoms with Gasteiger partial charge in [0, 0.05) is 117 Å². The fourth-order valence-corrected chi connectivity index (χ4v) is 13.2. The molecule has 94 heavy (non-hydrogen) atoms. The van der Waals surface area contributed by atoms with E-state index in [1.54, 1.807) is 99.0 Å². The summed E-state index contributed by atoms with van der Waals surface area (Å²) in [6.45, 7) is 13.6. The van der Waals surface area contributed by atoms with Gasteiger partial charge in [0.1, 0.15) is 0 Å². The third kappa shape index (κ3) is 65.4. The summed E-state index contributed by atoms with van der Waals surface area (Å²) in [5, 5.41) is 17.5. The molecular weight excluding hydrogens is 1240 g/mol. The van der Waals surface area contributed by atoms with Crippen LogP contribution in [-0.4, -0.2) is 132 Å². The van der Waals surface area contributed by atoms with Crippen LogP contribution in [0.4, 0.5) is 0 Å². The lowest BCUT2D eigenvalue weighted by molar-refractivity contribution is -0.128. The van der Waals surface area contributed by atoms with Crippen LogP contribution in [0.1, 0.15) is 252 Å². The number of rotatable bonds is 60. The normalized spacial score (nSPS) is 12.8. The Hall–Kier alpha value is -5.27. The Labute approximate surface area is 583 Å². The summed E-state index contributed by atoms with van der Waals surface area (Å²) in [7, 11) is 10.4. The molecule has 19 heteroatoms. The Kier molecular flexibility index (Phi) is 65.4. The molecule has 0 aliphatic heterocycles. The van der Waals surface area contributed by atoms with Gasteiger partial charge in [-0.05, 0) is 102 Å². The molecule has 0 rings (SSSR count). The molecule has 0 aromatic heterocycles. The third-order valence-corrected chi connectivity index (χ3v) is 18.8. The first kappa shape index (κ1) is 90.8. The zero-order valence-corrected chi connectivity index (χ0v) is 62.2. The lowest BCUT2D eigenvalue weighted by Gasteiger charge is -2.16. The van der Waals surface area contributed by atoms with E-state index in [0.717, 1.165) is 171 Å². The van der Waals surface area contributed by atoms with E-state index in [1.807, 2.05) is 36.7 Å². The minimum absolute atomic E-state index is 0.00779. The van der Waals surface area contributed by atoms with Crippen LogP contribution in [0.2, 0.25) is 0 Å².